The molecule has 0 amide bonds. The molecule has 1 N–H and O–H groups in total. The fourth-order valence-electron chi connectivity index (χ4n) is 5.31. The smallest absolute Gasteiger partial charge is 0.0642 e. The molecule has 0 bridgehead atoms. The zero-order valence-electron chi connectivity index (χ0n) is 17.4. The molecule has 0 saturated carbocycles. The number of anilines is 1. The van der Waals surface area contributed by atoms with Crippen LogP contribution in [0.15, 0.2) is 36.5 Å². The average molecular weight is 393 g/mol. The van der Waals surface area contributed by atoms with Crippen LogP contribution in [0, 0.1) is 0 Å². The van der Waals surface area contributed by atoms with Crippen LogP contribution >= 0.6 is 0 Å². The third-order valence-electron chi connectivity index (χ3n) is 6.84. The van der Waals surface area contributed by atoms with Crippen LogP contribution in [-0.2, 0) is 24.1 Å². The first-order chi connectivity index (χ1) is 14.3. The van der Waals surface area contributed by atoms with Gasteiger partial charge in [0.2, 0.25) is 0 Å². The molecular formula is C24H32N4O. The summed E-state index contributed by atoms with van der Waals surface area (Å²) in [7, 11) is 2.28. The molecule has 0 unspecified atom stereocenters. The summed E-state index contributed by atoms with van der Waals surface area (Å²) in [6.45, 7) is 5.69. The highest BCUT2D eigenvalue weighted by Crippen LogP contribution is 2.33. The van der Waals surface area contributed by atoms with E-state index in [1.807, 2.05) is 6.20 Å². The van der Waals surface area contributed by atoms with Gasteiger partial charge in [-0.15, -0.1) is 0 Å². The molecule has 3 aliphatic rings. The number of nitrogens with one attached hydrogen (secondary N) is 1. The highest BCUT2D eigenvalue weighted by Gasteiger charge is 2.29. The van der Waals surface area contributed by atoms with Crippen LogP contribution in [0.5, 0.6) is 0 Å². The maximum absolute atomic E-state index is 5.57. The second-order valence-electron chi connectivity index (χ2n) is 8.69. The van der Waals surface area contributed by atoms with Gasteiger partial charge in [-0.3, -0.25) is 9.88 Å². The number of fused-ring (bicyclic) bond motifs is 2. The molecule has 154 valence electrons. The summed E-state index contributed by atoms with van der Waals surface area (Å²) in [6.07, 6.45) is 6.69. The summed E-state index contributed by atoms with van der Waals surface area (Å²) < 4.78 is 5.57. The molecule has 1 saturated heterocycles. The predicted octanol–water partition coefficient (Wildman–Crippen LogP) is 2.94. The number of morpholine rings is 1. The Hall–Kier alpha value is -1.95. The number of nitrogens with zero attached hydrogens (tertiary/aromatic N) is 3. The molecule has 1 aliphatic carbocycles. The van der Waals surface area contributed by atoms with Gasteiger partial charge in [-0.1, -0.05) is 18.2 Å². The zero-order valence-corrected chi connectivity index (χ0v) is 17.4. The van der Waals surface area contributed by atoms with Crippen LogP contribution in [0.4, 0.5) is 5.69 Å². The molecule has 1 aromatic heterocycles. The van der Waals surface area contributed by atoms with Crippen LogP contribution in [0.1, 0.15) is 41.3 Å². The maximum atomic E-state index is 5.57. The van der Waals surface area contributed by atoms with Crippen molar-refractivity contribution < 1.29 is 4.74 Å². The Bertz CT molecular complexity index is 849. The van der Waals surface area contributed by atoms with Crippen molar-refractivity contribution in [2.75, 3.05) is 44.8 Å². The van der Waals surface area contributed by atoms with Crippen LogP contribution in [0.3, 0.4) is 0 Å². The first-order valence-electron chi connectivity index (χ1n) is 11.1. The first-order valence-corrected chi connectivity index (χ1v) is 11.1. The molecule has 29 heavy (non-hydrogen) atoms. The average Bonchev–Trinajstić information content (AvgIpc) is 2.79. The van der Waals surface area contributed by atoms with E-state index in [9.17, 15) is 0 Å². The fraction of sp³-hybridized carbons (Fsp3) is 0.542. The van der Waals surface area contributed by atoms with E-state index < -0.39 is 0 Å². The molecule has 0 spiro atoms. The van der Waals surface area contributed by atoms with Gasteiger partial charge in [0.25, 0.3) is 0 Å². The third-order valence-corrected chi connectivity index (χ3v) is 6.84. The second kappa shape index (κ2) is 8.42. The number of likely N-dealkylation sites (N-methyl/N-ethyl adjacent to an activating group) is 1. The Kier molecular flexibility index (Phi) is 5.53. The van der Waals surface area contributed by atoms with E-state index >= 15 is 0 Å². The van der Waals surface area contributed by atoms with Crippen molar-refractivity contribution in [3.05, 3.63) is 58.9 Å². The minimum Gasteiger partial charge on any atom is -0.378 e. The SMILES string of the molecule is CN(C[C@H]1Cc2c(cccc2N2CCOCC2)CN1)[C@H]1CCCc2cccnc21. The molecule has 2 atom stereocenters. The molecule has 2 aliphatic heterocycles. The molecule has 5 heteroatoms. The van der Waals surface area contributed by atoms with E-state index in [0.29, 0.717) is 12.1 Å². The molecule has 5 rings (SSSR count). The number of hydrogen-bond acceptors (Lipinski definition) is 5. The molecule has 1 aromatic carbocycles. The summed E-state index contributed by atoms with van der Waals surface area (Å²) >= 11 is 0. The van der Waals surface area contributed by atoms with Crippen molar-refractivity contribution in [2.24, 2.45) is 0 Å². The molecule has 1 fully saturated rings. The van der Waals surface area contributed by atoms with E-state index in [1.165, 1.54) is 47.3 Å². The lowest BCUT2D eigenvalue weighted by atomic mass is 9.89. The highest BCUT2D eigenvalue weighted by atomic mass is 16.5. The van der Waals surface area contributed by atoms with E-state index in [0.717, 1.165) is 45.8 Å². The summed E-state index contributed by atoms with van der Waals surface area (Å²) in [4.78, 5) is 9.79. The number of ether oxygens (including phenoxy) is 1. The van der Waals surface area contributed by atoms with Crippen LogP contribution in [0.25, 0.3) is 0 Å². The van der Waals surface area contributed by atoms with Crippen molar-refractivity contribution in [1.29, 1.82) is 0 Å². The molecule has 5 nitrogen and oxygen atoms in total. The molecule has 0 radical (unpaired) electrons. The Labute approximate surface area is 174 Å². The van der Waals surface area contributed by atoms with Crippen molar-refractivity contribution >= 4 is 5.69 Å². The zero-order chi connectivity index (χ0) is 19.6. The number of rotatable bonds is 4. The Morgan fingerprint density at radius 3 is 2.93 bits per heavy atom. The maximum Gasteiger partial charge on any atom is 0.0642 e. The first kappa shape index (κ1) is 19.0. The van der Waals surface area contributed by atoms with Crippen LogP contribution in [-0.4, -0.2) is 55.8 Å². The number of hydrogen-bond donors (Lipinski definition) is 1. The Morgan fingerprint density at radius 2 is 2.03 bits per heavy atom. The topological polar surface area (TPSA) is 40.6 Å². The summed E-state index contributed by atoms with van der Waals surface area (Å²) in [5, 5.41) is 3.79. The third kappa shape index (κ3) is 3.91. The van der Waals surface area contributed by atoms with Gasteiger partial charge in [-0.2, -0.15) is 0 Å². The minimum absolute atomic E-state index is 0.442. The molecular weight excluding hydrogens is 360 g/mol. The van der Waals surface area contributed by atoms with Gasteiger partial charge in [0.15, 0.2) is 0 Å². The van der Waals surface area contributed by atoms with E-state index in [2.05, 4.69) is 52.5 Å². The van der Waals surface area contributed by atoms with Crippen molar-refractivity contribution in [1.82, 2.24) is 15.2 Å². The predicted molar refractivity (Wildman–Crippen MR) is 116 cm³/mol. The molecule has 3 heterocycles. The lowest BCUT2D eigenvalue weighted by Crippen LogP contribution is -2.46. The monoisotopic (exact) mass is 392 g/mol. The summed E-state index contributed by atoms with van der Waals surface area (Å²) in [5.74, 6) is 0. The quantitative estimate of drug-likeness (QED) is 0.866. The van der Waals surface area contributed by atoms with Gasteiger partial charge in [-0.25, -0.2) is 0 Å². The molecule has 2 aromatic rings. The minimum atomic E-state index is 0.442. The Morgan fingerprint density at radius 1 is 1.17 bits per heavy atom. The van der Waals surface area contributed by atoms with Gasteiger partial charge in [0.05, 0.1) is 24.9 Å². The number of pyridine rings is 1. The van der Waals surface area contributed by atoms with E-state index in [4.69, 9.17) is 9.72 Å². The van der Waals surface area contributed by atoms with Gasteiger partial charge in [0, 0.05) is 44.1 Å². The van der Waals surface area contributed by atoms with Gasteiger partial charge >= 0.3 is 0 Å². The highest BCUT2D eigenvalue weighted by molar-refractivity contribution is 5.58. The largest absolute Gasteiger partial charge is 0.378 e. The lowest BCUT2D eigenvalue weighted by Gasteiger charge is -2.38. The standard InChI is InChI=1S/C24H32N4O/c1-27(23-9-2-5-18-7-4-10-25-24(18)23)17-20-15-21-19(16-26-20)6-3-8-22(21)28-11-13-29-14-12-28/h3-4,6-8,10,20,23,26H,2,5,9,11-17H2,1H3/t20-,23+/m1/s1. The van der Waals surface area contributed by atoms with Crippen LogP contribution < -0.4 is 10.2 Å². The summed E-state index contributed by atoms with van der Waals surface area (Å²) in [5.41, 5.74) is 7.15. The number of aromatic nitrogens is 1. The number of benzene rings is 1. The van der Waals surface area contributed by atoms with E-state index in [-0.39, 0.29) is 0 Å². The Balaban J connectivity index is 1.31. The van der Waals surface area contributed by atoms with Crippen molar-refractivity contribution in [3.8, 4) is 0 Å². The van der Waals surface area contributed by atoms with Crippen molar-refractivity contribution in [2.45, 2.75) is 44.3 Å². The number of aryl methyl sites for hydroxylation is 1. The van der Waals surface area contributed by atoms with Crippen molar-refractivity contribution in [3.63, 3.8) is 0 Å². The second-order valence-corrected chi connectivity index (χ2v) is 8.69. The summed E-state index contributed by atoms with van der Waals surface area (Å²) in [6, 6.07) is 12.1. The fourth-order valence-corrected chi connectivity index (χ4v) is 5.31. The van der Waals surface area contributed by atoms with Crippen LogP contribution in [0.2, 0.25) is 0 Å². The normalized spacial score (nSPS) is 24.3. The van der Waals surface area contributed by atoms with Gasteiger partial charge in [-0.05, 0) is 61.6 Å². The van der Waals surface area contributed by atoms with E-state index in [1.54, 1.807) is 0 Å². The lowest BCUT2D eigenvalue weighted by molar-refractivity contribution is 0.122. The van der Waals surface area contributed by atoms with Gasteiger partial charge < -0.3 is 15.0 Å². The van der Waals surface area contributed by atoms with Gasteiger partial charge in [0.1, 0.15) is 0 Å².